The van der Waals surface area contributed by atoms with Crippen LogP contribution in [0.2, 0.25) is 0 Å². The van der Waals surface area contributed by atoms with Crippen LogP contribution in [0, 0.1) is 6.92 Å². The minimum absolute atomic E-state index is 0.170. The molecule has 1 heterocycles. The first-order valence-electron chi connectivity index (χ1n) is 20.8. The molecule has 9 aromatic rings. The van der Waals surface area contributed by atoms with Crippen LogP contribution in [0.15, 0.2) is 192 Å². The van der Waals surface area contributed by atoms with E-state index in [1.54, 1.807) is 6.92 Å². The molecule has 0 aliphatic carbocycles. The zero-order valence-electron chi connectivity index (χ0n) is 34.8. The van der Waals surface area contributed by atoms with Gasteiger partial charge in [0.1, 0.15) is 0 Å². The molecule has 0 amide bonds. The first kappa shape index (κ1) is 39.5. The van der Waals surface area contributed by atoms with E-state index in [1.807, 2.05) is 56.3 Å². The summed E-state index contributed by atoms with van der Waals surface area (Å²) in [6, 6.07) is 60.7. The van der Waals surface area contributed by atoms with Crippen LogP contribution < -0.4 is 0 Å². The fourth-order valence-corrected chi connectivity index (χ4v) is 8.60. The van der Waals surface area contributed by atoms with Gasteiger partial charge in [-0.1, -0.05) is 159 Å². The number of phenolic OH excluding ortho intramolecular Hbond substituents is 3. The van der Waals surface area contributed by atoms with Crippen LogP contribution in [0.1, 0.15) is 41.7 Å². The molecule has 6 heteroatoms. The molecule has 0 bridgehead atoms. The molecule has 3 N–H and O–H groups in total. The van der Waals surface area contributed by atoms with Crippen molar-refractivity contribution >= 4 is 39.1 Å². The van der Waals surface area contributed by atoms with Gasteiger partial charge >= 0.3 is 0 Å². The maximum atomic E-state index is 11.3. The first-order valence-corrected chi connectivity index (χ1v) is 20.8. The second-order valence-electron chi connectivity index (χ2n) is 15.4. The molecule has 8 aromatic carbocycles. The van der Waals surface area contributed by atoms with E-state index in [0.29, 0.717) is 29.0 Å². The quantitative estimate of drug-likeness (QED) is 0.0771. The lowest BCUT2D eigenvalue weighted by Crippen LogP contribution is -2.08. The van der Waals surface area contributed by atoms with Crippen LogP contribution in [-0.2, 0) is 6.42 Å². The molecule has 1 aromatic heterocycles. The predicted octanol–water partition coefficient (Wildman–Crippen LogP) is 13.7. The smallest absolute Gasteiger partial charge is 0.201 e. The summed E-state index contributed by atoms with van der Waals surface area (Å²) in [6.07, 6.45) is 0.426. The molecule has 0 aliphatic rings. The fraction of sp³-hybridized carbons (Fsp3) is 0.0714. The second kappa shape index (κ2) is 16.6. The largest absolute Gasteiger partial charge is 0.504 e. The second-order valence-corrected chi connectivity index (χ2v) is 15.4. The molecule has 0 aliphatic heterocycles. The number of phenols is 3. The monoisotopic (exact) mass is 807 g/mol. The number of benzene rings is 8. The van der Waals surface area contributed by atoms with E-state index in [0.717, 1.165) is 39.0 Å². The fourth-order valence-electron chi connectivity index (χ4n) is 8.60. The first-order chi connectivity index (χ1) is 30.2. The van der Waals surface area contributed by atoms with E-state index in [9.17, 15) is 15.3 Å². The normalized spacial score (nSPS) is 12.0. The Kier molecular flexibility index (Phi) is 10.6. The van der Waals surface area contributed by atoms with Gasteiger partial charge in [0.15, 0.2) is 17.3 Å². The average molecular weight is 808 g/mol. The molecule has 0 radical (unpaired) electrons. The summed E-state index contributed by atoms with van der Waals surface area (Å²) in [7, 11) is 0. The molecule has 0 fully saturated rings. The van der Waals surface area contributed by atoms with E-state index in [1.165, 1.54) is 33.0 Å². The van der Waals surface area contributed by atoms with Gasteiger partial charge in [0, 0.05) is 27.7 Å². The highest BCUT2D eigenvalue weighted by molar-refractivity contribution is 6.21. The Morgan fingerprint density at radius 3 is 1.61 bits per heavy atom. The highest BCUT2D eigenvalue weighted by Crippen LogP contribution is 2.45. The Labute approximate surface area is 361 Å². The summed E-state index contributed by atoms with van der Waals surface area (Å²) in [4.78, 5) is 9.83. The number of amidine groups is 1. The molecule has 0 atom stereocenters. The van der Waals surface area contributed by atoms with Crippen LogP contribution >= 0.6 is 0 Å². The van der Waals surface area contributed by atoms with Crippen molar-refractivity contribution < 1.29 is 15.3 Å². The molecular formula is C56H45N3O3. The third-order valence-electron chi connectivity index (χ3n) is 11.7. The van der Waals surface area contributed by atoms with E-state index in [-0.39, 0.29) is 17.1 Å². The van der Waals surface area contributed by atoms with Gasteiger partial charge in [-0.15, -0.1) is 0 Å². The van der Waals surface area contributed by atoms with Crippen LogP contribution in [0.25, 0.3) is 66.6 Å². The van der Waals surface area contributed by atoms with Crippen molar-refractivity contribution in [2.75, 3.05) is 0 Å². The van der Waals surface area contributed by atoms with E-state index in [4.69, 9.17) is 9.98 Å². The summed E-state index contributed by atoms with van der Waals surface area (Å²) in [5, 5.41) is 35.2. The van der Waals surface area contributed by atoms with E-state index < -0.39 is 11.5 Å². The van der Waals surface area contributed by atoms with E-state index in [2.05, 4.69) is 145 Å². The number of rotatable bonds is 9. The minimum Gasteiger partial charge on any atom is -0.504 e. The number of nitrogens with zero attached hydrogens (tertiary/aromatic N) is 3. The topological polar surface area (TPSA) is 90.3 Å². The molecule has 302 valence electrons. The number of fused-ring (bicyclic) bond motifs is 3. The molecule has 0 saturated heterocycles. The lowest BCUT2D eigenvalue weighted by Gasteiger charge is -2.17. The van der Waals surface area contributed by atoms with Gasteiger partial charge < -0.3 is 19.9 Å². The standard InChI is InChI=1S/C56H45N3O3/c1-5-45-35(2)50(54(61)55(62)53(45)60)56(57-36(3)38-18-9-6-10-19-38)58-37(4)42-24-15-25-43(34-42)39-30-32-44(33-31-39)59-48-28-16-26-46(40-20-11-7-12-21-40)51(48)52-47(27-17-29-49(52)59)41-22-13-8-14-23-41/h6-34,60-62H,3,5H2,1-2,4H3/b57-56-,58-37+. The number of aromatic hydroxyl groups is 3. The molecule has 0 spiro atoms. The molecule has 9 rings (SSSR count). The summed E-state index contributed by atoms with van der Waals surface area (Å²) >= 11 is 0. The SMILES string of the molecule is C=C(/N=C(\N=C(/C)c1cccc(-c2ccc(-n3c4cccc(-c5ccccc5)c4c4c(-c5ccccc5)cccc43)cc2)c1)c1c(C)c(CC)c(O)c(O)c1O)c1ccccc1. The summed E-state index contributed by atoms with van der Waals surface area (Å²) in [5.74, 6) is -1.27. The average Bonchev–Trinajstić information content (AvgIpc) is 3.67. The van der Waals surface area contributed by atoms with Crippen molar-refractivity contribution in [2.45, 2.75) is 27.2 Å². The third-order valence-corrected chi connectivity index (χ3v) is 11.7. The Hall–Kier alpha value is -7.96. The van der Waals surface area contributed by atoms with Gasteiger partial charge in [-0.2, -0.15) is 0 Å². The lowest BCUT2D eigenvalue weighted by atomic mass is 9.95. The van der Waals surface area contributed by atoms with Gasteiger partial charge in [-0.25, -0.2) is 9.98 Å². The van der Waals surface area contributed by atoms with Crippen LogP contribution in [0.5, 0.6) is 17.2 Å². The van der Waals surface area contributed by atoms with Crippen LogP contribution in [0.4, 0.5) is 0 Å². The van der Waals surface area contributed by atoms with Crippen molar-refractivity contribution in [3.63, 3.8) is 0 Å². The Morgan fingerprint density at radius 2 is 1.05 bits per heavy atom. The summed E-state index contributed by atoms with van der Waals surface area (Å²) in [5.41, 5.74) is 14.1. The number of aliphatic imine (C=N–C) groups is 2. The Balaban J connectivity index is 1.13. The highest BCUT2D eigenvalue weighted by atomic mass is 16.3. The Bertz CT molecular complexity index is 3100. The lowest BCUT2D eigenvalue weighted by molar-refractivity contribution is 0.364. The number of aromatic nitrogens is 1. The zero-order chi connectivity index (χ0) is 42.9. The van der Waals surface area contributed by atoms with Gasteiger partial charge in [-0.3, -0.25) is 0 Å². The molecule has 0 unspecified atom stereocenters. The minimum atomic E-state index is -0.604. The van der Waals surface area contributed by atoms with Crippen molar-refractivity contribution in [3.8, 4) is 56.3 Å². The van der Waals surface area contributed by atoms with Crippen molar-refractivity contribution in [3.05, 3.63) is 210 Å². The molecule has 62 heavy (non-hydrogen) atoms. The van der Waals surface area contributed by atoms with Crippen LogP contribution in [-0.4, -0.2) is 31.4 Å². The summed E-state index contributed by atoms with van der Waals surface area (Å²) in [6.45, 7) is 9.76. The van der Waals surface area contributed by atoms with Gasteiger partial charge in [0.25, 0.3) is 0 Å². The summed E-state index contributed by atoms with van der Waals surface area (Å²) < 4.78 is 2.37. The zero-order valence-corrected chi connectivity index (χ0v) is 34.8. The van der Waals surface area contributed by atoms with E-state index >= 15 is 0 Å². The van der Waals surface area contributed by atoms with Gasteiger partial charge in [0.2, 0.25) is 5.75 Å². The maximum Gasteiger partial charge on any atom is 0.201 e. The predicted molar refractivity (Wildman–Crippen MR) is 257 cm³/mol. The Morgan fingerprint density at radius 1 is 0.532 bits per heavy atom. The number of hydrogen-bond donors (Lipinski definition) is 3. The van der Waals surface area contributed by atoms with Crippen LogP contribution in [0.3, 0.4) is 0 Å². The highest BCUT2D eigenvalue weighted by Gasteiger charge is 2.25. The van der Waals surface area contributed by atoms with Gasteiger partial charge in [0.05, 0.1) is 22.3 Å². The number of hydrogen-bond acceptors (Lipinski definition) is 4. The van der Waals surface area contributed by atoms with Crippen molar-refractivity contribution in [2.24, 2.45) is 9.98 Å². The molecule has 6 nitrogen and oxygen atoms in total. The van der Waals surface area contributed by atoms with Gasteiger partial charge in [-0.05, 0) is 101 Å². The maximum absolute atomic E-state index is 11.3. The molecular weight excluding hydrogens is 763 g/mol. The molecule has 0 saturated carbocycles. The van der Waals surface area contributed by atoms with Crippen molar-refractivity contribution in [1.82, 2.24) is 4.57 Å². The third kappa shape index (κ3) is 7.11. The van der Waals surface area contributed by atoms with Crippen molar-refractivity contribution in [1.29, 1.82) is 0 Å².